The molecule has 1 unspecified atom stereocenters. The van der Waals surface area contributed by atoms with Crippen molar-refractivity contribution in [2.75, 3.05) is 18.1 Å². The highest BCUT2D eigenvalue weighted by Crippen LogP contribution is 2.20. The Hall–Kier alpha value is -0.920. The van der Waals surface area contributed by atoms with Crippen LogP contribution in [-0.2, 0) is 19.9 Å². The lowest BCUT2D eigenvalue weighted by Crippen LogP contribution is -2.30. The van der Waals surface area contributed by atoms with Crippen LogP contribution in [0.25, 0.3) is 0 Å². The normalized spacial score (nSPS) is 21.8. The second-order valence-electron chi connectivity index (χ2n) is 5.84. The summed E-state index contributed by atoms with van der Waals surface area (Å²) in [6, 6.07) is 6.78. The summed E-state index contributed by atoms with van der Waals surface area (Å²) in [4.78, 5) is 0.216. The van der Waals surface area contributed by atoms with Crippen LogP contribution in [0.5, 0.6) is 0 Å². The zero-order valence-electron chi connectivity index (χ0n) is 12.2. The second kappa shape index (κ2) is 6.06. The molecule has 0 amide bonds. The number of sulfone groups is 1. The van der Waals surface area contributed by atoms with E-state index >= 15 is 0 Å². The number of rotatable bonds is 5. The standard InChI is InChI=1S/C14H21NO4S2/c1-11(2)13-3-5-14(6-4-13)21(18,19)15-9-12-7-8-20(16,17)10-12/h3-6,11-12,15H,7-10H2,1-2H3. The van der Waals surface area contributed by atoms with E-state index in [1.54, 1.807) is 24.3 Å². The molecule has 0 bridgehead atoms. The number of sulfonamides is 1. The first-order valence-electron chi connectivity index (χ1n) is 7.00. The van der Waals surface area contributed by atoms with Crippen LogP contribution in [0.15, 0.2) is 29.2 Å². The van der Waals surface area contributed by atoms with Gasteiger partial charge in [0.15, 0.2) is 9.84 Å². The molecule has 21 heavy (non-hydrogen) atoms. The second-order valence-corrected chi connectivity index (χ2v) is 9.84. The third-order valence-electron chi connectivity index (χ3n) is 3.75. The first-order valence-corrected chi connectivity index (χ1v) is 10.3. The minimum Gasteiger partial charge on any atom is -0.229 e. The molecule has 1 saturated heterocycles. The highest BCUT2D eigenvalue weighted by molar-refractivity contribution is 7.91. The van der Waals surface area contributed by atoms with Crippen LogP contribution in [0.1, 0.15) is 31.7 Å². The highest BCUT2D eigenvalue weighted by atomic mass is 32.2. The lowest BCUT2D eigenvalue weighted by molar-refractivity contribution is 0.543. The molecule has 1 N–H and O–H groups in total. The fourth-order valence-electron chi connectivity index (χ4n) is 2.38. The Balaban J connectivity index is 2.02. The lowest BCUT2D eigenvalue weighted by atomic mass is 10.0. The first kappa shape index (κ1) is 16.5. The molecule has 1 fully saturated rings. The topological polar surface area (TPSA) is 80.3 Å². The summed E-state index contributed by atoms with van der Waals surface area (Å²) in [6.45, 7) is 4.26. The summed E-state index contributed by atoms with van der Waals surface area (Å²) in [5, 5.41) is 0. The van der Waals surface area contributed by atoms with Gasteiger partial charge < -0.3 is 0 Å². The van der Waals surface area contributed by atoms with Crippen LogP contribution < -0.4 is 4.72 Å². The van der Waals surface area contributed by atoms with E-state index in [-0.39, 0.29) is 28.9 Å². The molecule has 1 atom stereocenters. The molecule has 0 aliphatic carbocycles. The van der Waals surface area contributed by atoms with Crippen LogP contribution in [0.4, 0.5) is 0 Å². The Bertz CT molecular complexity index is 691. The van der Waals surface area contributed by atoms with Crippen LogP contribution in [0.3, 0.4) is 0 Å². The summed E-state index contributed by atoms with van der Waals surface area (Å²) in [5.41, 5.74) is 1.08. The molecule has 1 aromatic rings. The van der Waals surface area contributed by atoms with E-state index in [2.05, 4.69) is 4.72 Å². The summed E-state index contributed by atoms with van der Waals surface area (Å²) in [5.74, 6) is 0.447. The maximum absolute atomic E-state index is 12.2. The maximum Gasteiger partial charge on any atom is 0.240 e. The zero-order valence-corrected chi connectivity index (χ0v) is 13.9. The monoisotopic (exact) mass is 331 g/mol. The van der Waals surface area contributed by atoms with Gasteiger partial charge in [0.1, 0.15) is 0 Å². The Morgan fingerprint density at radius 2 is 1.86 bits per heavy atom. The summed E-state index contributed by atoms with van der Waals surface area (Å²) >= 11 is 0. The molecule has 118 valence electrons. The highest BCUT2D eigenvalue weighted by Gasteiger charge is 2.28. The van der Waals surface area contributed by atoms with E-state index < -0.39 is 19.9 Å². The van der Waals surface area contributed by atoms with Crippen molar-refractivity contribution in [1.29, 1.82) is 0 Å². The molecule has 1 aliphatic heterocycles. The van der Waals surface area contributed by atoms with Crippen LogP contribution >= 0.6 is 0 Å². The fourth-order valence-corrected chi connectivity index (χ4v) is 5.35. The van der Waals surface area contributed by atoms with Gasteiger partial charge in [-0.15, -0.1) is 0 Å². The van der Waals surface area contributed by atoms with Crippen LogP contribution in [0, 0.1) is 5.92 Å². The molecule has 0 saturated carbocycles. The van der Waals surface area contributed by atoms with E-state index in [1.165, 1.54) is 0 Å². The summed E-state index contributed by atoms with van der Waals surface area (Å²) in [7, 11) is -6.55. The molecule has 5 nitrogen and oxygen atoms in total. The van der Waals surface area contributed by atoms with Gasteiger partial charge in [0.2, 0.25) is 10.0 Å². The van der Waals surface area contributed by atoms with Crippen molar-refractivity contribution in [2.24, 2.45) is 5.92 Å². The van der Waals surface area contributed by atoms with Gasteiger partial charge in [-0.1, -0.05) is 26.0 Å². The Morgan fingerprint density at radius 3 is 2.33 bits per heavy atom. The van der Waals surface area contributed by atoms with Crippen LogP contribution in [-0.4, -0.2) is 34.9 Å². The van der Waals surface area contributed by atoms with Gasteiger partial charge in [-0.05, 0) is 36.0 Å². The summed E-state index contributed by atoms with van der Waals surface area (Å²) < 4.78 is 49.6. The molecular weight excluding hydrogens is 310 g/mol. The van der Waals surface area contributed by atoms with Gasteiger partial charge in [0.05, 0.1) is 16.4 Å². The largest absolute Gasteiger partial charge is 0.240 e. The molecule has 1 aromatic carbocycles. The molecule has 0 spiro atoms. The average Bonchev–Trinajstić information content (AvgIpc) is 2.76. The molecular formula is C14H21NO4S2. The fraction of sp³-hybridized carbons (Fsp3) is 0.571. The Kier molecular flexibility index (Phi) is 4.75. The predicted octanol–water partition coefficient (Wildman–Crippen LogP) is 1.52. The van der Waals surface area contributed by atoms with Crippen molar-refractivity contribution in [3.8, 4) is 0 Å². The predicted molar refractivity (Wildman–Crippen MR) is 82.5 cm³/mol. The number of hydrogen-bond donors (Lipinski definition) is 1. The number of nitrogens with one attached hydrogen (secondary N) is 1. The van der Waals surface area contributed by atoms with E-state index in [9.17, 15) is 16.8 Å². The van der Waals surface area contributed by atoms with Crippen molar-refractivity contribution < 1.29 is 16.8 Å². The Morgan fingerprint density at radius 1 is 1.24 bits per heavy atom. The van der Waals surface area contributed by atoms with Crippen LogP contribution in [0.2, 0.25) is 0 Å². The molecule has 1 aliphatic rings. The SMILES string of the molecule is CC(C)c1ccc(S(=O)(=O)NCC2CCS(=O)(=O)C2)cc1. The molecule has 2 rings (SSSR count). The minimum absolute atomic E-state index is 0.0712. The lowest BCUT2D eigenvalue weighted by Gasteiger charge is -2.11. The quantitative estimate of drug-likeness (QED) is 0.887. The number of benzene rings is 1. The first-order chi connectivity index (χ1) is 9.70. The summed E-state index contributed by atoms with van der Waals surface area (Å²) in [6.07, 6.45) is 0.525. The van der Waals surface area contributed by atoms with Crippen molar-refractivity contribution in [1.82, 2.24) is 4.72 Å². The van der Waals surface area contributed by atoms with E-state index in [4.69, 9.17) is 0 Å². The van der Waals surface area contributed by atoms with Gasteiger partial charge in [0, 0.05) is 6.54 Å². The van der Waals surface area contributed by atoms with Gasteiger partial charge >= 0.3 is 0 Å². The smallest absolute Gasteiger partial charge is 0.229 e. The Labute approximate surface area is 126 Å². The van der Waals surface area contributed by atoms with E-state index in [1.807, 2.05) is 13.8 Å². The van der Waals surface area contributed by atoms with Crippen molar-refractivity contribution in [2.45, 2.75) is 31.1 Å². The number of hydrogen-bond acceptors (Lipinski definition) is 4. The van der Waals surface area contributed by atoms with Crippen molar-refractivity contribution in [3.05, 3.63) is 29.8 Å². The molecule has 0 aromatic heterocycles. The van der Waals surface area contributed by atoms with Gasteiger partial charge in [-0.2, -0.15) is 0 Å². The maximum atomic E-state index is 12.2. The minimum atomic E-state index is -3.57. The molecule has 0 radical (unpaired) electrons. The van der Waals surface area contributed by atoms with Crippen molar-refractivity contribution >= 4 is 19.9 Å². The average molecular weight is 331 g/mol. The molecule has 7 heteroatoms. The van der Waals surface area contributed by atoms with Gasteiger partial charge in [-0.25, -0.2) is 21.6 Å². The molecule has 1 heterocycles. The zero-order chi connectivity index (χ0) is 15.7. The van der Waals surface area contributed by atoms with Crippen molar-refractivity contribution in [3.63, 3.8) is 0 Å². The third-order valence-corrected chi connectivity index (χ3v) is 7.02. The third kappa shape index (κ3) is 4.28. The van der Waals surface area contributed by atoms with Gasteiger partial charge in [-0.3, -0.25) is 0 Å². The van der Waals surface area contributed by atoms with E-state index in [0.29, 0.717) is 12.3 Å². The van der Waals surface area contributed by atoms with Gasteiger partial charge in [0.25, 0.3) is 0 Å². The van der Waals surface area contributed by atoms with E-state index in [0.717, 1.165) is 5.56 Å².